The standard InChI is InChI=1S/C17H14Cl2N2O6/c1-10-6-11(18)2-5-15(10)26-9-17(23)27-8-16(22)20-14-4-3-12(21(24)25)7-13(14)19/h2-7H,8-9H2,1H3,(H,20,22). The number of nitrogens with zero attached hydrogens (tertiary/aromatic N) is 1. The molecule has 8 nitrogen and oxygen atoms in total. The largest absolute Gasteiger partial charge is 0.482 e. The van der Waals surface area contributed by atoms with Crippen molar-refractivity contribution in [2.75, 3.05) is 18.5 Å². The van der Waals surface area contributed by atoms with Gasteiger partial charge in [-0.05, 0) is 36.8 Å². The molecule has 2 aromatic rings. The normalized spacial score (nSPS) is 10.2. The molecular formula is C17H14Cl2N2O6. The van der Waals surface area contributed by atoms with E-state index in [0.29, 0.717) is 10.8 Å². The number of nitro groups is 1. The van der Waals surface area contributed by atoms with Crippen molar-refractivity contribution in [2.45, 2.75) is 6.92 Å². The minimum atomic E-state index is -0.741. The number of non-ortho nitro benzene ring substituents is 1. The van der Waals surface area contributed by atoms with Gasteiger partial charge in [0.25, 0.3) is 11.6 Å². The molecule has 1 amide bonds. The number of nitrogens with one attached hydrogen (secondary N) is 1. The highest BCUT2D eigenvalue weighted by Crippen LogP contribution is 2.26. The SMILES string of the molecule is Cc1cc(Cl)ccc1OCC(=O)OCC(=O)Nc1ccc([N+](=O)[O-])cc1Cl. The molecule has 0 bridgehead atoms. The number of aryl methyl sites for hydroxylation is 1. The third-order valence-electron chi connectivity index (χ3n) is 3.28. The van der Waals surface area contributed by atoms with Crippen molar-refractivity contribution >= 4 is 46.5 Å². The molecule has 0 atom stereocenters. The molecule has 0 radical (unpaired) electrons. The van der Waals surface area contributed by atoms with Gasteiger partial charge in [0.1, 0.15) is 5.75 Å². The fourth-order valence-electron chi connectivity index (χ4n) is 2.00. The molecule has 0 aromatic heterocycles. The van der Waals surface area contributed by atoms with Crippen molar-refractivity contribution in [2.24, 2.45) is 0 Å². The molecule has 0 spiro atoms. The maximum atomic E-state index is 11.8. The summed E-state index contributed by atoms with van der Waals surface area (Å²) in [4.78, 5) is 33.5. The van der Waals surface area contributed by atoms with Gasteiger partial charge < -0.3 is 14.8 Å². The molecule has 0 saturated carbocycles. The summed E-state index contributed by atoms with van der Waals surface area (Å²) >= 11 is 11.7. The summed E-state index contributed by atoms with van der Waals surface area (Å²) in [5.74, 6) is -0.922. The number of halogens is 2. The highest BCUT2D eigenvalue weighted by Gasteiger charge is 2.13. The van der Waals surface area contributed by atoms with Gasteiger partial charge in [-0.1, -0.05) is 23.2 Å². The second-order valence-corrected chi connectivity index (χ2v) is 6.17. The number of nitro benzene ring substituents is 1. The first-order valence-electron chi connectivity index (χ1n) is 7.54. The molecule has 2 rings (SSSR count). The molecule has 1 N–H and O–H groups in total. The van der Waals surface area contributed by atoms with E-state index < -0.39 is 23.4 Å². The maximum Gasteiger partial charge on any atom is 0.344 e. The van der Waals surface area contributed by atoms with Crippen molar-refractivity contribution in [3.63, 3.8) is 0 Å². The number of benzene rings is 2. The number of anilines is 1. The lowest BCUT2D eigenvalue weighted by molar-refractivity contribution is -0.384. The van der Waals surface area contributed by atoms with Gasteiger partial charge in [0.2, 0.25) is 0 Å². The number of hydrogen-bond donors (Lipinski definition) is 1. The van der Waals surface area contributed by atoms with Crippen LogP contribution in [0.4, 0.5) is 11.4 Å². The van der Waals surface area contributed by atoms with Crippen molar-refractivity contribution in [1.29, 1.82) is 0 Å². The molecule has 0 saturated heterocycles. The molecule has 27 heavy (non-hydrogen) atoms. The molecular weight excluding hydrogens is 399 g/mol. The van der Waals surface area contributed by atoms with E-state index in [1.807, 2.05) is 0 Å². The molecule has 0 unspecified atom stereocenters. The quantitative estimate of drug-likeness (QED) is 0.421. The summed E-state index contributed by atoms with van der Waals surface area (Å²) in [6, 6.07) is 8.50. The van der Waals surface area contributed by atoms with Crippen molar-refractivity contribution < 1.29 is 24.0 Å². The number of rotatable bonds is 7. The van der Waals surface area contributed by atoms with Gasteiger partial charge in [-0.15, -0.1) is 0 Å². The van der Waals surface area contributed by atoms with E-state index in [1.165, 1.54) is 12.1 Å². The van der Waals surface area contributed by atoms with Crippen molar-refractivity contribution in [3.05, 3.63) is 62.1 Å². The van der Waals surface area contributed by atoms with E-state index in [2.05, 4.69) is 5.32 Å². The Kier molecular flexibility index (Phi) is 6.98. The van der Waals surface area contributed by atoms with Crippen LogP contribution in [0.5, 0.6) is 5.75 Å². The zero-order valence-electron chi connectivity index (χ0n) is 14.0. The molecule has 0 fully saturated rings. The Morgan fingerprint density at radius 1 is 1.15 bits per heavy atom. The van der Waals surface area contributed by atoms with Gasteiger partial charge in [-0.25, -0.2) is 4.79 Å². The van der Waals surface area contributed by atoms with E-state index in [-0.39, 0.29) is 23.0 Å². The Morgan fingerprint density at radius 2 is 1.89 bits per heavy atom. The Morgan fingerprint density at radius 3 is 2.52 bits per heavy atom. The summed E-state index contributed by atoms with van der Waals surface area (Å²) in [5, 5.41) is 13.6. The molecule has 0 aliphatic carbocycles. The van der Waals surface area contributed by atoms with Crippen LogP contribution in [0.25, 0.3) is 0 Å². The molecule has 2 aromatic carbocycles. The molecule has 10 heteroatoms. The minimum Gasteiger partial charge on any atom is -0.482 e. The average molecular weight is 413 g/mol. The fourth-order valence-corrected chi connectivity index (χ4v) is 2.45. The smallest absolute Gasteiger partial charge is 0.344 e. The monoisotopic (exact) mass is 412 g/mol. The minimum absolute atomic E-state index is 0.00887. The topological polar surface area (TPSA) is 108 Å². The van der Waals surface area contributed by atoms with E-state index in [0.717, 1.165) is 11.6 Å². The number of carbonyl (C=O) groups is 2. The summed E-state index contributed by atoms with van der Waals surface area (Å²) < 4.78 is 10.1. The maximum absolute atomic E-state index is 11.8. The van der Waals surface area contributed by atoms with Crippen LogP contribution in [-0.4, -0.2) is 30.0 Å². The van der Waals surface area contributed by atoms with Crippen LogP contribution in [0.2, 0.25) is 10.0 Å². The second-order valence-electron chi connectivity index (χ2n) is 5.33. The van der Waals surface area contributed by atoms with Crippen LogP contribution < -0.4 is 10.1 Å². The summed E-state index contributed by atoms with van der Waals surface area (Å²) in [7, 11) is 0. The first kappa shape index (κ1) is 20.5. The molecule has 0 aliphatic heterocycles. The van der Waals surface area contributed by atoms with Crippen LogP contribution in [0.3, 0.4) is 0 Å². The van der Waals surface area contributed by atoms with Gasteiger partial charge >= 0.3 is 5.97 Å². The summed E-state index contributed by atoms with van der Waals surface area (Å²) in [6.07, 6.45) is 0. The number of hydrogen-bond acceptors (Lipinski definition) is 6. The van der Waals surface area contributed by atoms with Gasteiger partial charge in [0, 0.05) is 17.2 Å². The lowest BCUT2D eigenvalue weighted by atomic mass is 10.2. The zero-order valence-corrected chi connectivity index (χ0v) is 15.5. The average Bonchev–Trinajstić information content (AvgIpc) is 2.60. The first-order chi connectivity index (χ1) is 12.8. The number of ether oxygens (including phenoxy) is 2. The summed E-state index contributed by atoms with van der Waals surface area (Å²) in [5.41, 5.74) is 0.705. The van der Waals surface area contributed by atoms with Gasteiger partial charge in [-0.2, -0.15) is 0 Å². The van der Waals surface area contributed by atoms with Gasteiger partial charge in [0.15, 0.2) is 13.2 Å². The highest BCUT2D eigenvalue weighted by atomic mass is 35.5. The zero-order chi connectivity index (χ0) is 20.0. The summed E-state index contributed by atoms with van der Waals surface area (Å²) in [6.45, 7) is 0.830. The van der Waals surface area contributed by atoms with E-state index >= 15 is 0 Å². The Hall–Kier alpha value is -2.84. The van der Waals surface area contributed by atoms with Crippen LogP contribution in [0.15, 0.2) is 36.4 Å². The van der Waals surface area contributed by atoms with Crippen LogP contribution in [-0.2, 0) is 14.3 Å². The number of esters is 1. The predicted octanol–water partition coefficient (Wildman–Crippen LogP) is 3.77. The Balaban J connectivity index is 1.81. The fraction of sp³-hybridized carbons (Fsp3) is 0.176. The van der Waals surface area contributed by atoms with E-state index in [1.54, 1.807) is 25.1 Å². The third-order valence-corrected chi connectivity index (χ3v) is 3.83. The van der Waals surface area contributed by atoms with Gasteiger partial charge in [-0.3, -0.25) is 14.9 Å². The number of amides is 1. The second kappa shape index (κ2) is 9.20. The van der Waals surface area contributed by atoms with Gasteiger partial charge in [0.05, 0.1) is 15.6 Å². The first-order valence-corrected chi connectivity index (χ1v) is 8.30. The molecule has 0 heterocycles. The third kappa shape index (κ3) is 6.12. The Bertz CT molecular complexity index is 888. The number of carbonyl (C=O) groups excluding carboxylic acids is 2. The van der Waals surface area contributed by atoms with Crippen LogP contribution >= 0.6 is 23.2 Å². The Labute approximate surface area is 164 Å². The van der Waals surface area contributed by atoms with Crippen molar-refractivity contribution in [1.82, 2.24) is 0 Å². The molecule has 0 aliphatic rings. The van der Waals surface area contributed by atoms with Crippen LogP contribution in [0, 0.1) is 17.0 Å². The predicted molar refractivity (Wildman–Crippen MR) is 99.4 cm³/mol. The van der Waals surface area contributed by atoms with E-state index in [9.17, 15) is 19.7 Å². The highest BCUT2D eigenvalue weighted by molar-refractivity contribution is 6.34. The lowest BCUT2D eigenvalue weighted by Crippen LogP contribution is -2.23. The lowest BCUT2D eigenvalue weighted by Gasteiger charge is -2.10. The van der Waals surface area contributed by atoms with E-state index in [4.69, 9.17) is 32.7 Å². The molecule has 142 valence electrons. The van der Waals surface area contributed by atoms with Crippen molar-refractivity contribution in [3.8, 4) is 5.75 Å². The van der Waals surface area contributed by atoms with Crippen LogP contribution in [0.1, 0.15) is 5.56 Å².